The lowest BCUT2D eigenvalue weighted by atomic mass is 10.1. The molecular weight excluding hydrogens is 264 g/mol. The maximum atomic E-state index is 12.1. The van der Waals surface area contributed by atoms with Crippen LogP contribution in [0.5, 0.6) is 0 Å². The Hall–Kier alpha value is -1.39. The summed E-state index contributed by atoms with van der Waals surface area (Å²) in [4.78, 5) is 14.1. The van der Waals surface area contributed by atoms with Crippen LogP contribution in [0, 0.1) is 0 Å². The topological polar surface area (TPSA) is 41.6 Å². The van der Waals surface area contributed by atoms with Gasteiger partial charge in [-0.15, -0.1) is 0 Å². The van der Waals surface area contributed by atoms with Gasteiger partial charge in [0.1, 0.15) is 0 Å². The van der Waals surface area contributed by atoms with Gasteiger partial charge in [-0.3, -0.25) is 9.69 Å². The van der Waals surface area contributed by atoms with Crippen LogP contribution in [-0.2, 0) is 16.0 Å². The lowest BCUT2D eigenvalue weighted by Crippen LogP contribution is -2.37. The Morgan fingerprint density at radius 3 is 3.00 bits per heavy atom. The summed E-state index contributed by atoms with van der Waals surface area (Å²) in [6, 6.07) is 8.01. The molecule has 4 heteroatoms. The Balaban J connectivity index is 1.77. The molecule has 0 aromatic heterocycles. The van der Waals surface area contributed by atoms with Crippen molar-refractivity contribution in [1.29, 1.82) is 0 Å². The van der Waals surface area contributed by atoms with Crippen LogP contribution in [0.25, 0.3) is 0 Å². The molecule has 1 aromatic carbocycles. The summed E-state index contributed by atoms with van der Waals surface area (Å²) >= 11 is 0. The summed E-state index contributed by atoms with van der Waals surface area (Å²) in [5.41, 5.74) is 2.11. The maximum absolute atomic E-state index is 12.1. The molecule has 1 saturated heterocycles. The smallest absolute Gasteiger partial charge is 0.238 e. The van der Waals surface area contributed by atoms with Crippen molar-refractivity contribution in [3.05, 3.63) is 29.8 Å². The molecule has 1 aromatic rings. The third-order valence-corrected chi connectivity index (χ3v) is 3.82. The number of benzene rings is 1. The molecule has 116 valence electrons. The largest absolute Gasteiger partial charge is 0.377 e. The quantitative estimate of drug-likeness (QED) is 0.876. The fraction of sp³-hybridized carbons (Fsp3) is 0.588. The van der Waals surface area contributed by atoms with Crippen LogP contribution in [0.3, 0.4) is 0 Å². The van der Waals surface area contributed by atoms with E-state index in [0.29, 0.717) is 6.54 Å². The number of rotatable bonds is 6. The van der Waals surface area contributed by atoms with Crippen molar-refractivity contribution in [2.75, 3.05) is 32.1 Å². The van der Waals surface area contributed by atoms with Crippen molar-refractivity contribution in [2.45, 2.75) is 38.7 Å². The van der Waals surface area contributed by atoms with Crippen LogP contribution in [0.15, 0.2) is 24.3 Å². The van der Waals surface area contributed by atoms with Gasteiger partial charge in [0.2, 0.25) is 5.91 Å². The molecule has 0 bridgehead atoms. The molecule has 0 radical (unpaired) electrons. The highest BCUT2D eigenvalue weighted by atomic mass is 16.5. The summed E-state index contributed by atoms with van der Waals surface area (Å²) < 4.78 is 5.71. The summed E-state index contributed by atoms with van der Waals surface area (Å²) in [5.74, 6) is 0.0292. The van der Waals surface area contributed by atoms with E-state index < -0.39 is 0 Å². The first kappa shape index (κ1) is 16.0. The Morgan fingerprint density at radius 1 is 1.43 bits per heavy atom. The van der Waals surface area contributed by atoms with Gasteiger partial charge in [0.15, 0.2) is 0 Å². The van der Waals surface area contributed by atoms with E-state index in [4.69, 9.17) is 4.74 Å². The number of carbonyl (C=O) groups excluding carboxylic acids is 1. The Morgan fingerprint density at radius 2 is 2.29 bits per heavy atom. The first-order valence-electron chi connectivity index (χ1n) is 7.86. The van der Waals surface area contributed by atoms with Crippen LogP contribution in [-0.4, -0.2) is 43.7 Å². The highest BCUT2D eigenvalue weighted by Gasteiger charge is 2.17. The van der Waals surface area contributed by atoms with Crippen LogP contribution in [0.2, 0.25) is 0 Å². The summed E-state index contributed by atoms with van der Waals surface area (Å²) in [5, 5.41) is 2.96. The lowest BCUT2D eigenvalue weighted by Gasteiger charge is -2.27. The number of ether oxygens (including phenoxy) is 1. The van der Waals surface area contributed by atoms with Crippen LogP contribution in [0.1, 0.15) is 31.7 Å². The van der Waals surface area contributed by atoms with Gasteiger partial charge in [0, 0.05) is 18.8 Å². The molecule has 2 rings (SSSR count). The molecular formula is C17H26N2O2. The van der Waals surface area contributed by atoms with Crippen LogP contribution in [0.4, 0.5) is 5.69 Å². The number of hydrogen-bond donors (Lipinski definition) is 1. The normalized spacial score (nSPS) is 18.7. The van der Waals surface area contributed by atoms with E-state index in [2.05, 4.69) is 18.3 Å². The molecule has 1 aliphatic heterocycles. The molecule has 1 fully saturated rings. The zero-order valence-electron chi connectivity index (χ0n) is 13.1. The summed E-state index contributed by atoms with van der Waals surface area (Å²) in [6.45, 7) is 4.19. The third-order valence-electron chi connectivity index (χ3n) is 3.82. The van der Waals surface area contributed by atoms with Gasteiger partial charge in [-0.1, -0.05) is 19.1 Å². The van der Waals surface area contributed by atoms with E-state index in [1.165, 1.54) is 12.0 Å². The molecule has 0 saturated carbocycles. The molecule has 1 unspecified atom stereocenters. The molecule has 4 nitrogen and oxygen atoms in total. The predicted molar refractivity (Wildman–Crippen MR) is 85.5 cm³/mol. The predicted octanol–water partition coefficient (Wildman–Crippen LogP) is 2.69. The van der Waals surface area contributed by atoms with Gasteiger partial charge in [-0.25, -0.2) is 0 Å². The second-order valence-corrected chi connectivity index (χ2v) is 5.79. The fourth-order valence-corrected chi connectivity index (χ4v) is 2.68. The Kier molecular flexibility index (Phi) is 6.21. The Labute approximate surface area is 127 Å². The van der Waals surface area contributed by atoms with Gasteiger partial charge in [0.05, 0.1) is 12.6 Å². The highest BCUT2D eigenvalue weighted by Crippen LogP contribution is 2.14. The Bertz CT molecular complexity index is 456. The molecule has 1 heterocycles. The van der Waals surface area contributed by atoms with Crippen molar-refractivity contribution in [3.8, 4) is 0 Å². The van der Waals surface area contributed by atoms with Gasteiger partial charge >= 0.3 is 0 Å². The van der Waals surface area contributed by atoms with E-state index in [1.54, 1.807) is 0 Å². The van der Waals surface area contributed by atoms with Gasteiger partial charge < -0.3 is 10.1 Å². The first-order valence-corrected chi connectivity index (χ1v) is 7.86. The molecule has 1 amide bonds. The molecule has 1 atom stereocenters. The van der Waals surface area contributed by atoms with Gasteiger partial charge in [-0.05, 0) is 50.4 Å². The SMILES string of the molecule is CCc1cccc(NC(=O)CN(C)CC2CCCCO2)c1. The molecule has 21 heavy (non-hydrogen) atoms. The highest BCUT2D eigenvalue weighted by molar-refractivity contribution is 5.92. The van der Waals surface area contributed by atoms with Gasteiger partial charge in [-0.2, -0.15) is 0 Å². The number of amides is 1. The standard InChI is InChI=1S/C17H26N2O2/c1-3-14-7-6-8-15(11-14)18-17(20)13-19(2)12-16-9-4-5-10-21-16/h6-8,11,16H,3-5,9-10,12-13H2,1-2H3,(H,18,20). The molecule has 0 aliphatic carbocycles. The lowest BCUT2D eigenvalue weighted by molar-refractivity contribution is -0.117. The number of hydrogen-bond acceptors (Lipinski definition) is 3. The van der Waals surface area contributed by atoms with Crippen molar-refractivity contribution in [1.82, 2.24) is 4.90 Å². The van der Waals surface area contributed by atoms with Crippen LogP contribution < -0.4 is 5.32 Å². The third kappa shape index (κ3) is 5.48. The van der Waals surface area contributed by atoms with E-state index in [0.717, 1.165) is 38.1 Å². The number of aryl methyl sites for hydroxylation is 1. The fourth-order valence-electron chi connectivity index (χ4n) is 2.68. The number of nitrogens with one attached hydrogen (secondary N) is 1. The second-order valence-electron chi connectivity index (χ2n) is 5.79. The van der Waals surface area contributed by atoms with E-state index >= 15 is 0 Å². The average Bonchev–Trinajstić information content (AvgIpc) is 2.48. The number of nitrogens with zero attached hydrogens (tertiary/aromatic N) is 1. The summed E-state index contributed by atoms with van der Waals surface area (Å²) in [6.07, 6.45) is 4.75. The van der Waals surface area contributed by atoms with E-state index in [1.807, 2.05) is 30.1 Å². The first-order chi connectivity index (χ1) is 10.2. The molecule has 1 N–H and O–H groups in total. The number of anilines is 1. The van der Waals surface area contributed by atoms with E-state index in [-0.39, 0.29) is 12.0 Å². The zero-order valence-corrected chi connectivity index (χ0v) is 13.1. The minimum Gasteiger partial charge on any atom is -0.377 e. The van der Waals surface area contributed by atoms with E-state index in [9.17, 15) is 4.79 Å². The van der Waals surface area contributed by atoms with Crippen LogP contribution >= 0.6 is 0 Å². The molecule has 1 aliphatic rings. The minimum atomic E-state index is 0.0292. The summed E-state index contributed by atoms with van der Waals surface area (Å²) in [7, 11) is 1.97. The monoisotopic (exact) mass is 290 g/mol. The average molecular weight is 290 g/mol. The van der Waals surface area contributed by atoms with Gasteiger partial charge in [0.25, 0.3) is 0 Å². The zero-order chi connectivity index (χ0) is 15.1. The molecule has 0 spiro atoms. The van der Waals surface area contributed by atoms with Crippen molar-refractivity contribution in [3.63, 3.8) is 0 Å². The maximum Gasteiger partial charge on any atom is 0.238 e. The van der Waals surface area contributed by atoms with Crippen molar-refractivity contribution >= 4 is 11.6 Å². The second kappa shape index (κ2) is 8.15. The minimum absolute atomic E-state index is 0.0292. The number of carbonyl (C=O) groups is 1. The van der Waals surface area contributed by atoms with Crippen molar-refractivity contribution in [2.24, 2.45) is 0 Å². The van der Waals surface area contributed by atoms with Crippen molar-refractivity contribution < 1.29 is 9.53 Å². The number of likely N-dealkylation sites (N-methyl/N-ethyl adjacent to an activating group) is 1.